The number of aromatic nitrogens is 2. The second-order valence-corrected chi connectivity index (χ2v) is 9.39. The zero-order valence-corrected chi connectivity index (χ0v) is 17.8. The van der Waals surface area contributed by atoms with Crippen molar-refractivity contribution in [3.05, 3.63) is 54.1 Å². The summed E-state index contributed by atoms with van der Waals surface area (Å²) in [5.74, 6) is 0.225. The average Bonchev–Trinajstić information content (AvgIpc) is 3.34. The van der Waals surface area contributed by atoms with E-state index in [4.69, 9.17) is 0 Å². The van der Waals surface area contributed by atoms with Gasteiger partial charge < -0.3 is 4.90 Å². The molecule has 1 aromatic heterocycles. The Morgan fingerprint density at radius 1 is 0.966 bits per heavy atom. The third-order valence-electron chi connectivity index (χ3n) is 7.18. The third-order valence-corrected chi connectivity index (χ3v) is 7.72. The molecule has 0 atom stereocenters. The molecule has 3 aromatic rings. The molecule has 5 nitrogen and oxygen atoms in total. The van der Waals surface area contributed by atoms with Gasteiger partial charge in [0.2, 0.25) is 5.91 Å². The van der Waals surface area contributed by atoms with Gasteiger partial charge in [0.15, 0.2) is 0 Å². The second kappa shape index (κ2) is 6.89. The lowest BCUT2D eigenvalue weighted by Crippen LogP contribution is -2.47. The molecule has 0 N–H and O–H groups in total. The fourth-order valence-electron chi connectivity index (χ4n) is 5.40. The topological polar surface area (TPSA) is 49.3 Å². The van der Waals surface area contributed by atoms with Crippen LogP contribution in [0.5, 0.6) is 0 Å². The first-order chi connectivity index (χ1) is 14.0. The lowest BCUT2D eigenvalue weighted by atomic mass is 9.64. The molecule has 2 aliphatic rings. The molecule has 1 saturated heterocycles. The highest BCUT2D eigenvalue weighted by Crippen LogP contribution is 2.52. The number of benzene rings is 2. The molecule has 29 heavy (non-hydrogen) atoms. The fourth-order valence-corrected chi connectivity index (χ4v) is 5.94. The van der Waals surface area contributed by atoms with Gasteiger partial charge in [0.05, 0.1) is 17.4 Å². The van der Waals surface area contributed by atoms with Crippen molar-refractivity contribution in [2.45, 2.75) is 37.6 Å². The Labute approximate surface area is 175 Å². The smallest absolute Gasteiger partial charge is 0.227 e. The van der Waals surface area contributed by atoms with E-state index in [2.05, 4.69) is 58.1 Å². The van der Waals surface area contributed by atoms with Crippen LogP contribution in [0.1, 0.15) is 37.7 Å². The van der Waals surface area contributed by atoms with Gasteiger partial charge in [-0.15, -0.1) is 0 Å². The molecule has 5 rings (SSSR count). The number of carbonyl (C=O) groups is 1. The summed E-state index contributed by atoms with van der Waals surface area (Å²) < 4.78 is 8.79. The standard InChI is InChI=1S/C23H26N4OS/c1-26(2)23(17-7-4-3-5-8-17)13-11-22(12-14-23)15-20(28)27(16-22)19-10-6-9-18-21(19)25-29-24-18/h3-10H,11-16H2,1-2H3/t22-,23-. The van der Waals surface area contributed by atoms with Crippen molar-refractivity contribution in [1.82, 2.24) is 13.6 Å². The SMILES string of the molecule is CN(C)[C@]1(c2ccccc2)CC[C@@]2(CC1)CC(=O)N(c1cccc3nsnc13)C2. The summed E-state index contributed by atoms with van der Waals surface area (Å²) in [6.07, 6.45) is 4.92. The highest BCUT2D eigenvalue weighted by Gasteiger charge is 2.50. The van der Waals surface area contributed by atoms with E-state index >= 15 is 0 Å². The fraction of sp³-hybridized carbons (Fsp3) is 0.435. The molecule has 0 unspecified atom stereocenters. The summed E-state index contributed by atoms with van der Waals surface area (Å²) in [5.41, 5.74) is 4.16. The predicted molar refractivity (Wildman–Crippen MR) is 117 cm³/mol. The third kappa shape index (κ3) is 2.97. The number of nitrogens with zero attached hydrogens (tertiary/aromatic N) is 4. The van der Waals surface area contributed by atoms with Crippen molar-refractivity contribution in [2.75, 3.05) is 25.5 Å². The van der Waals surface area contributed by atoms with Crippen LogP contribution in [0.4, 0.5) is 5.69 Å². The molecule has 1 aliphatic carbocycles. The van der Waals surface area contributed by atoms with Crippen molar-refractivity contribution in [3.63, 3.8) is 0 Å². The van der Waals surface area contributed by atoms with Crippen LogP contribution in [0.15, 0.2) is 48.5 Å². The zero-order chi connectivity index (χ0) is 20.1. The van der Waals surface area contributed by atoms with E-state index in [-0.39, 0.29) is 16.9 Å². The Bertz CT molecular complexity index is 1040. The van der Waals surface area contributed by atoms with Crippen molar-refractivity contribution >= 4 is 34.4 Å². The number of fused-ring (bicyclic) bond motifs is 1. The number of hydrogen-bond acceptors (Lipinski definition) is 5. The van der Waals surface area contributed by atoms with Crippen LogP contribution in [-0.4, -0.2) is 40.2 Å². The zero-order valence-electron chi connectivity index (χ0n) is 17.0. The van der Waals surface area contributed by atoms with E-state index in [9.17, 15) is 4.79 Å². The monoisotopic (exact) mass is 406 g/mol. The molecule has 0 bridgehead atoms. The van der Waals surface area contributed by atoms with Gasteiger partial charge in [-0.1, -0.05) is 36.4 Å². The van der Waals surface area contributed by atoms with Gasteiger partial charge in [-0.25, -0.2) is 0 Å². The highest BCUT2D eigenvalue weighted by molar-refractivity contribution is 7.00. The summed E-state index contributed by atoms with van der Waals surface area (Å²) in [7, 11) is 4.38. The predicted octanol–water partition coefficient (Wildman–Crippen LogP) is 4.45. The van der Waals surface area contributed by atoms with Gasteiger partial charge in [-0.3, -0.25) is 9.69 Å². The summed E-state index contributed by atoms with van der Waals surface area (Å²) in [4.78, 5) is 17.4. The van der Waals surface area contributed by atoms with Crippen molar-refractivity contribution in [1.29, 1.82) is 0 Å². The minimum atomic E-state index is 0.0574. The van der Waals surface area contributed by atoms with Gasteiger partial charge in [0.25, 0.3) is 0 Å². The van der Waals surface area contributed by atoms with E-state index in [0.29, 0.717) is 6.42 Å². The Morgan fingerprint density at radius 3 is 2.45 bits per heavy atom. The Hall–Kier alpha value is -2.31. The van der Waals surface area contributed by atoms with Crippen LogP contribution < -0.4 is 4.90 Å². The molecular formula is C23H26N4OS. The molecule has 2 aromatic carbocycles. The van der Waals surface area contributed by atoms with E-state index in [0.717, 1.165) is 48.9 Å². The first kappa shape index (κ1) is 18.7. The molecule has 1 amide bonds. The largest absolute Gasteiger partial charge is 0.310 e. The van der Waals surface area contributed by atoms with Gasteiger partial charge >= 0.3 is 0 Å². The normalized spacial score (nSPS) is 27.4. The Morgan fingerprint density at radius 2 is 1.72 bits per heavy atom. The van der Waals surface area contributed by atoms with Gasteiger partial charge in [0, 0.05) is 18.5 Å². The van der Waals surface area contributed by atoms with Crippen molar-refractivity contribution in [3.8, 4) is 0 Å². The molecule has 1 saturated carbocycles. The summed E-state index contributed by atoms with van der Waals surface area (Å²) >= 11 is 1.21. The van der Waals surface area contributed by atoms with Crippen LogP contribution in [0.3, 0.4) is 0 Å². The van der Waals surface area contributed by atoms with Crippen LogP contribution in [0.2, 0.25) is 0 Å². The molecular weight excluding hydrogens is 380 g/mol. The number of rotatable bonds is 3. The lowest BCUT2D eigenvalue weighted by molar-refractivity contribution is -0.118. The lowest BCUT2D eigenvalue weighted by Gasteiger charge is -2.48. The van der Waals surface area contributed by atoms with E-state index in [1.807, 2.05) is 23.1 Å². The first-order valence-corrected chi connectivity index (χ1v) is 11.0. The summed E-state index contributed by atoms with van der Waals surface area (Å²) in [5, 5.41) is 0. The first-order valence-electron chi connectivity index (χ1n) is 10.3. The molecule has 1 spiro atoms. The number of carbonyl (C=O) groups excluding carboxylic acids is 1. The number of anilines is 1. The van der Waals surface area contributed by atoms with E-state index in [1.54, 1.807) is 0 Å². The quantitative estimate of drug-likeness (QED) is 0.645. The average molecular weight is 407 g/mol. The molecule has 2 heterocycles. The van der Waals surface area contributed by atoms with Crippen molar-refractivity contribution < 1.29 is 4.79 Å². The van der Waals surface area contributed by atoms with E-state index < -0.39 is 0 Å². The van der Waals surface area contributed by atoms with Crippen LogP contribution in [0, 0.1) is 5.41 Å². The highest BCUT2D eigenvalue weighted by atomic mass is 32.1. The second-order valence-electron chi connectivity index (χ2n) is 8.86. The van der Waals surface area contributed by atoms with Gasteiger partial charge in [-0.2, -0.15) is 8.75 Å². The minimum Gasteiger partial charge on any atom is -0.310 e. The maximum Gasteiger partial charge on any atom is 0.227 e. The van der Waals surface area contributed by atoms with Gasteiger partial charge in [0.1, 0.15) is 11.0 Å². The Balaban J connectivity index is 1.41. The van der Waals surface area contributed by atoms with Crippen LogP contribution in [0.25, 0.3) is 11.0 Å². The molecule has 150 valence electrons. The number of hydrogen-bond donors (Lipinski definition) is 0. The van der Waals surface area contributed by atoms with Crippen LogP contribution in [-0.2, 0) is 10.3 Å². The molecule has 0 radical (unpaired) electrons. The maximum absolute atomic E-state index is 13.0. The van der Waals surface area contributed by atoms with Crippen molar-refractivity contribution in [2.24, 2.45) is 5.41 Å². The molecule has 6 heteroatoms. The maximum atomic E-state index is 13.0. The van der Waals surface area contributed by atoms with Gasteiger partial charge in [-0.05, 0) is 62.9 Å². The van der Waals surface area contributed by atoms with E-state index in [1.165, 1.54) is 17.3 Å². The summed E-state index contributed by atoms with van der Waals surface area (Å²) in [6.45, 7) is 0.792. The molecule has 2 fully saturated rings. The summed E-state index contributed by atoms with van der Waals surface area (Å²) in [6, 6.07) is 16.8. The number of amides is 1. The van der Waals surface area contributed by atoms with Crippen LogP contribution >= 0.6 is 11.7 Å². The minimum absolute atomic E-state index is 0.0574. The Kier molecular flexibility index (Phi) is 4.44. The molecule has 1 aliphatic heterocycles.